The molecule has 0 radical (unpaired) electrons. The fraction of sp³-hybridized carbons (Fsp3) is 0.167. The highest BCUT2D eigenvalue weighted by Crippen LogP contribution is 2.28. The molecule has 3 heterocycles. The number of amides is 1. The molecule has 168 valence electrons. The molecule has 0 fully saturated rings. The van der Waals surface area contributed by atoms with E-state index < -0.39 is 23.8 Å². The second kappa shape index (κ2) is 8.85. The molecular formula is C24H20F3N5O. The van der Waals surface area contributed by atoms with Crippen LogP contribution in [-0.4, -0.2) is 25.7 Å². The minimum atomic E-state index is -4.52. The zero-order valence-electron chi connectivity index (χ0n) is 17.8. The van der Waals surface area contributed by atoms with E-state index in [1.54, 1.807) is 19.2 Å². The number of aryl methyl sites for hydroxylation is 1. The van der Waals surface area contributed by atoms with Crippen LogP contribution in [-0.2, 0) is 6.18 Å². The second-order valence-electron chi connectivity index (χ2n) is 7.51. The number of carbonyl (C=O) groups is 1. The van der Waals surface area contributed by atoms with E-state index in [9.17, 15) is 18.0 Å². The lowest BCUT2D eigenvalue weighted by Crippen LogP contribution is -2.27. The fourth-order valence-corrected chi connectivity index (χ4v) is 3.31. The Morgan fingerprint density at radius 3 is 2.42 bits per heavy atom. The van der Waals surface area contributed by atoms with Crippen LogP contribution in [0.3, 0.4) is 0 Å². The van der Waals surface area contributed by atoms with Crippen LogP contribution in [0.15, 0.2) is 73.1 Å². The third-order valence-corrected chi connectivity index (χ3v) is 5.04. The molecule has 0 saturated heterocycles. The summed E-state index contributed by atoms with van der Waals surface area (Å²) in [4.78, 5) is 21.1. The van der Waals surface area contributed by atoms with Gasteiger partial charge in [-0.3, -0.25) is 9.78 Å². The van der Waals surface area contributed by atoms with Crippen molar-refractivity contribution in [3.8, 4) is 17.1 Å². The molecule has 1 aromatic carbocycles. The molecule has 0 bridgehead atoms. The maximum atomic E-state index is 13.2. The van der Waals surface area contributed by atoms with Crippen molar-refractivity contribution in [2.75, 3.05) is 0 Å². The van der Waals surface area contributed by atoms with Crippen LogP contribution in [0.2, 0.25) is 0 Å². The van der Waals surface area contributed by atoms with Crippen molar-refractivity contribution in [3.63, 3.8) is 0 Å². The average Bonchev–Trinajstić information content (AvgIpc) is 3.25. The Bertz CT molecular complexity index is 1270. The van der Waals surface area contributed by atoms with Crippen LogP contribution in [0.4, 0.5) is 13.2 Å². The van der Waals surface area contributed by atoms with Gasteiger partial charge in [0.2, 0.25) is 0 Å². The molecule has 3 aromatic heterocycles. The Morgan fingerprint density at radius 1 is 1.03 bits per heavy atom. The van der Waals surface area contributed by atoms with Gasteiger partial charge in [-0.15, -0.1) is 0 Å². The molecule has 1 N–H and O–H groups in total. The molecule has 1 atom stereocenters. The van der Waals surface area contributed by atoms with E-state index in [4.69, 9.17) is 0 Å². The standard InChI is InChI=1S/C24H20F3N5O/c1-15-7-6-10-21(29-15)32-14-19(22(31-32)17-8-4-3-5-9-17)23(33)30-16(2)18-11-12-20(28-13-18)24(25,26)27/h3-14,16H,1-2H3,(H,30,33)/t16-/m1/s1. The minimum Gasteiger partial charge on any atom is -0.345 e. The first kappa shape index (κ1) is 22.2. The topological polar surface area (TPSA) is 72.7 Å². The van der Waals surface area contributed by atoms with Crippen molar-refractivity contribution in [2.45, 2.75) is 26.1 Å². The number of nitrogens with zero attached hydrogens (tertiary/aromatic N) is 4. The van der Waals surface area contributed by atoms with Gasteiger partial charge in [-0.05, 0) is 37.6 Å². The Labute approximate surface area is 188 Å². The molecule has 0 saturated carbocycles. The number of hydrogen-bond acceptors (Lipinski definition) is 4. The van der Waals surface area contributed by atoms with Crippen molar-refractivity contribution < 1.29 is 18.0 Å². The van der Waals surface area contributed by atoms with Crippen LogP contribution >= 0.6 is 0 Å². The SMILES string of the molecule is Cc1cccc(-n2cc(C(=O)N[C@H](C)c3ccc(C(F)(F)F)nc3)c(-c3ccccc3)n2)n1. The zero-order valence-corrected chi connectivity index (χ0v) is 17.8. The van der Waals surface area contributed by atoms with Crippen LogP contribution < -0.4 is 5.32 Å². The minimum absolute atomic E-state index is 0.316. The fourth-order valence-electron chi connectivity index (χ4n) is 3.31. The lowest BCUT2D eigenvalue weighted by atomic mass is 10.1. The number of carbonyl (C=O) groups excluding carboxylic acids is 1. The largest absolute Gasteiger partial charge is 0.433 e. The van der Waals surface area contributed by atoms with E-state index in [1.165, 1.54) is 10.7 Å². The summed E-state index contributed by atoms with van der Waals surface area (Å²) in [6, 6.07) is 16.4. The van der Waals surface area contributed by atoms with Crippen LogP contribution in [0.25, 0.3) is 17.1 Å². The highest BCUT2D eigenvalue weighted by atomic mass is 19.4. The predicted molar refractivity (Wildman–Crippen MR) is 117 cm³/mol. The molecule has 33 heavy (non-hydrogen) atoms. The highest BCUT2D eigenvalue weighted by Gasteiger charge is 2.32. The Hall–Kier alpha value is -4.01. The number of nitrogens with one attached hydrogen (secondary N) is 1. The second-order valence-corrected chi connectivity index (χ2v) is 7.51. The van der Waals surface area contributed by atoms with E-state index in [0.717, 1.165) is 23.5 Å². The van der Waals surface area contributed by atoms with Gasteiger partial charge in [0, 0.05) is 23.7 Å². The number of halogens is 3. The van der Waals surface area contributed by atoms with Crippen molar-refractivity contribution in [3.05, 3.63) is 95.6 Å². The third-order valence-electron chi connectivity index (χ3n) is 5.04. The average molecular weight is 451 g/mol. The number of benzene rings is 1. The van der Waals surface area contributed by atoms with Crippen LogP contribution in [0.1, 0.15) is 40.3 Å². The summed E-state index contributed by atoms with van der Waals surface area (Å²) in [5.74, 6) is 0.145. The van der Waals surface area contributed by atoms with Gasteiger partial charge in [0.1, 0.15) is 11.4 Å². The first-order valence-corrected chi connectivity index (χ1v) is 10.2. The molecule has 9 heteroatoms. The van der Waals surface area contributed by atoms with E-state index in [1.807, 2.05) is 49.4 Å². The monoisotopic (exact) mass is 451 g/mol. The first-order valence-electron chi connectivity index (χ1n) is 10.2. The lowest BCUT2D eigenvalue weighted by Gasteiger charge is -2.15. The summed E-state index contributed by atoms with van der Waals surface area (Å²) in [6.45, 7) is 3.54. The van der Waals surface area contributed by atoms with E-state index in [0.29, 0.717) is 22.6 Å². The summed E-state index contributed by atoms with van der Waals surface area (Å²) in [7, 11) is 0. The van der Waals surface area contributed by atoms with Gasteiger partial charge < -0.3 is 5.32 Å². The zero-order chi connectivity index (χ0) is 23.6. The van der Waals surface area contributed by atoms with Gasteiger partial charge in [-0.1, -0.05) is 42.5 Å². The molecule has 0 unspecified atom stereocenters. The molecule has 4 rings (SSSR count). The number of alkyl halides is 3. The predicted octanol–water partition coefficient (Wildman–Crippen LogP) is 5.15. The summed E-state index contributed by atoms with van der Waals surface area (Å²) in [5.41, 5.74) is 1.80. The van der Waals surface area contributed by atoms with E-state index in [-0.39, 0.29) is 0 Å². The van der Waals surface area contributed by atoms with Crippen molar-refractivity contribution in [1.82, 2.24) is 25.1 Å². The van der Waals surface area contributed by atoms with E-state index in [2.05, 4.69) is 20.4 Å². The van der Waals surface area contributed by atoms with Crippen LogP contribution in [0.5, 0.6) is 0 Å². The molecule has 1 amide bonds. The summed E-state index contributed by atoms with van der Waals surface area (Å²) < 4.78 is 39.9. The van der Waals surface area contributed by atoms with Gasteiger partial charge in [0.05, 0.1) is 11.6 Å². The van der Waals surface area contributed by atoms with Crippen molar-refractivity contribution >= 4 is 5.91 Å². The third kappa shape index (κ3) is 4.92. The van der Waals surface area contributed by atoms with Gasteiger partial charge in [-0.25, -0.2) is 9.67 Å². The number of aromatic nitrogens is 4. The first-order chi connectivity index (χ1) is 15.7. The summed E-state index contributed by atoms with van der Waals surface area (Å²) in [6.07, 6.45) is -1.81. The Balaban J connectivity index is 1.65. The van der Waals surface area contributed by atoms with Crippen molar-refractivity contribution in [1.29, 1.82) is 0 Å². The molecular weight excluding hydrogens is 431 g/mol. The van der Waals surface area contributed by atoms with Gasteiger partial charge in [0.25, 0.3) is 5.91 Å². The Morgan fingerprint density at radius 2 is 1.79 bits per heavy atom. The van der Waals surface area contributed by atoms with Gasteiger partial charge in [0.15, 0.2) is 5.82 Å². The summed E-state index contributed by atoms with van der Waals surface area (Å²) in [5, 5.41) is 7.41. The smallest absolute Gasteiger partial charge is 0.345 e. The Kier molecular flexibility index (Phi) is 5.95. The van der Waals surface area contributed by atoms with Crippen LogP contribution in [0, 0.1) is 6.92 Å². The van der Waals surface area contributed by atoms with E-state index >= 15 is 0 Å². The molecule has 6 nitrogen and oxygen atoms in total. The number of hydrogen-bond donors (Lipinski definition) is 1. The molecule has 0 aliphatic carbocycles. The highest BCUT2D eigenvalue weighted by molar-refractivity contribution is 6.00. The maximum Gasteiger partial charge on any atom is 0.433 e. The molecule has 0 aliphatic heterocycles. The normalized spacial score (nSPS) is 12.4. The number of rotatable bonds is 5. The molecule has 0 spiro atoms. The number of pyridine rings is 2. The molecule has 4 aromatic rings. The molecule has 0 aliphatic rings. The quantitative estimate of drug-likeness (QED) is 0.456. The summed E-state index contributed by atoms with van der Waals surface area (Å²) >= 11 is 0. The van der Waals surface area contributed by atoms with Gasteiger partial charge in [-0.2, -0.15) is 18.3 Å². The maximum absolute atomic E-state index is 13.2. The lowest BCUT2D eigenvalue weighted by molar-refractivity contribution is -0.141. The van der Waals surface area contributed by atoms with Gasteiger partial charge >= 0.3 is 6.18 Å². The van der Waals surface area contributed by atoms with Crippen molar-refractivity contribution in [2.24, 2.45) is 0 Å².